The van der Waals surface area contributed by atoms with Crippen LogP contribution in [0.3, 0.4) is 0 Å². The number of piperazine rings is 1. The Bertz CT molecular complexity index is 1000. The Balaban J connectivity index is 1.50. The first-order chi connectivity index (χ1) is 14.4. The number of nitrogens with one attached hydrogen (secondary N) is 1. The Kier molecular flexibility index (Phi) is 5.67. The predicted octanol–water partition coefficient (Wildman–Crippen LogP) is 4.13. The lowest BCUT2D eigenvalue weighted by atomic mass is 10.1. The van der Waals surface area contributed by atoms with Crippen molar-refractivity contribution in [2.45, 2.75) is 26.8 Å². The molecule has 0 unspecified atom stereocenters. The standard InChI is InChI=1S/C22H26F2N6/c1-15(2)28-6-8-29(9-7-28)19-5-4-16(3)21(13-19)26-22-25-14-30(27-22)20-11-17(23)10-18(24)12-20/h4-5,10-15H,6-9H2,1-3H3,(H,26,27). The number of anilines is 3. The van der Waals surface area contributed by atoms with Crippen molar-refractivity contribution in [3.63, 3.8) is 0 Å². The monoisotopic (exact) mass is 412 g/mol. The van der Waals surface area contributed by atoms with Gasteiger partial charge in [0.1, 0.15) is 18.0 Å². The van der Waals surface area contributed by atoms with Crippen LogP contribution in [0.1, 0.15) is 19.4 Å². The van der Waals surface area contributed by atoms with Crippen LogP contribution >= 0.6 is 0 Å². The first-order valence-corrected chi connectivity index (χ1v) is 10.1. The van der Waals surface area contributed by atoms with Gasteiger partial charge >= 0.3 is 0 Å². The number of aryl methyl sites for hydroxylation is 1. The quantitative estimate of drug-likeness (QED) is 0.683. The van der Waals surface area contributed by atoms with Crippen molar-refractivity contribution < 1.29 is 8.78 Å². The Morgan fingerprint density at radius 3 is 2.30 bits per heavy atom. The molecule has 0 amide bonds. The minimum absolute atomic E-state index is 0.279. The minimum Gasteiger partial charge on any atom is -0.369 e. The molecular formula is C22H26F2N6. The average Bonchev–Trinajstić information content (AvgIpc) is 3.18. The molecule has 0 radical (unpaired) electrons. The third-order valence-corrected chi connectivity index (χ3v) is 5.48. The molecule has 8 heteroatoms. The van der Waals surface area contributed by atoms with E-state index < -0.39 is 11.6 Å². The summed E-state index contributed by atoms with van der Waals surface area (Å²) in [6.45, 7) is 10.5. The maximum atomic E-state index is 13.5. The van der Waals surface area contributed by atoms with E-state index in [-0.39, 0.29) is 5.69 Å². The van der Waals surface area contributed by atoms with E-state index in [4.69, 9.17) is 0 Å². The molecular weight excluding hydrogens is 386 g/mol. The normalized spacial score (nSPS) is 15.1. The van der Waals surface area contributed by atoms with Crippen LogP contribution in [0, 0.1) is 18.6 Å². The van der Waals surface area contributed by atoms with Crippen LogP contribution in [0.5, 0.6) is 0 Å². The van der Waals surface area contributed by atoms with E-state index in [0.717, 1.165) is 49.2 Å². The van der Waals surface area contributed by atoms with Gasteiger partial charge in [0.05, 0.1) is 5.69 Å². The zero-order chi connectivity index (χ0) is 21.3. The summed E-state index contributed by atoms with van der Waals surface area (Å²) in [6.07, 6.45) is 1.43. The molecule has 0 spiro atoms. The molecule has 2 aromatic carbocycles. The summed E-state index contributed by atoms with van der Waals surface area (Å²) in [5.41, 5.74) is 3.40. The summed E-state index contributed by atoms with van der Waals surface area (Å²) in [7, 11) is 0. The van der Waals surface area contributed by atoms with Crippen LogP contribution in [0.4, 0.5) is 26.1 Å². The maximum Gasteiger partial charge on any atom is 0.246 e. The lowest BCUT2D eigenvalue weighted by Gasteiger charge is -2.38. The van der Waals surface area contributed by atoms with E-state index in [1.165, 1.54) is 23.1 Å². The van der Waals surface area contributed by atoms with Gasteiger partial charge in [-0.3, -0.25) is 4.90 Å². The summed E-state index contributed by atoms with van der Waals surface area (Å²) < 4.78 is 28.3. The number of hydrogen-bond donors (Lipinski definition) is 1. The van der Waals surface area contributed by atoms with Gasteiger partial charge in [0.15, 0.2) is 0 Å². The molecule has 4 rings (SSSR count). The van der Waals surface area contributed by atoms with Crippen molar-refractivity contribution in [3.8, 4) is 5.69 Å². The summed E-state index contributed by atoms with van der Waals surface area (Å²) >= 11 is 0. The highest BCUT2D eigenvalue weighted by atomic mass is 19.1. The van der Waals surface area contributed by atoms with Crippen molar-refractivity contribution in [1.82, 2.24) is 19.7 Å². The van der Waals surface area contributed by atoms with E-state index >= 15 is 0 Å². The van der Waals surface area contributed by atoms with E-state index in [0.29, 0.717) is 12.0 Å². The van der Waals surface area contributed by atoms with E-state index in [1.807, 2.05) is 6.92 Å². The summed E-state index contributed by atoms with van der Waals surface area (Å²) in [5.74, 6) is -0.947. The number of halogens is 2. The molecule has 1 fully saturated rings. The van der Waals surface area contributed by atoms with Gasteiger partial charge in [-0.2, -0.15) is 4.98 Å². The molecule has 0 aliphatic carbocycles. The number of rotatable bonds is 5. The molecule has 1 aromatic heterocycles. The average molecular weight is 412 g/mol. The van der Waals surface area contributed by atoms with Crippen molar-refractivity contribution in [3.05, 3.63) is 59.9 Å². The molecule has 158 valence electrons. The molecule has 2 heterocycles. The van der Waals surface area contributed by atoms with Gasteiger partial charge in [0.2, 0.25) is 5.95 Å². The van der Waals surface area contributed by atoms with Gasteiger partial charge in [0.25, 0.3) is 0 Å². The van der Waals surface area contributed by atoms with Gasteiger partial charge in [0, 0.05) is 49.7 Å². The van der Waals surface area contributed by atoms with Gasteiger partial charge in [-0.15, -0.1) is 5.10 Å². The third-order valence-electron chi connectivity index (χ3n) is 5.48. The summed E-state index contributed by atoms with van der Waals surface area (Å²) in [4.78, 5) is 9.10. The molecule has 30 heavy (non-hydrogen) atoms. The van der Waals surface area contributed by atoms with Gasteiger partial charge in [-0.05, 0) is 50.6 Å². The van der Waals surface area contributed by atoms with Crippen molar-refractivity contribution >= 4 is 17.3 Å². The molecule has 0 atom stereocenters. The Hall–Kier alpha value is -3.00. The molecule has 6 nitrogen and oxygen atoms in total. The molecule has 1 aliphatic heterocycles. The number of aromatic nitrogens is 3. The van der Waals surface area contributed by atoms with Gasteiger partial charge in [-0.1, -0.05) is 6.07 Å². The maximum absolute atomic E-state index is 13.5. The van der Waals surface area contributed by atoms with E-state index in [2.05, 4.69) is 57.2 Å². The fourth-order valence-corrected chi connectivity index (χ4v) is 3.67. The highest BCUT2D eigenvalue weighted by molar-refractivity contribution is 5.66. The zero-order valence-corrected chi connectivity index (χ0v) is 17.4. The Labute approximate surface area is 175 Å². The smallest absolute Gasteiger partial charge is 0.246 e. The van der Waals surface area contributed by atoms with Crippen LogP contribution in [0.25, 0.3) is 5.69 Å². The second kappa shape index (κ2) is 8.39. The number of hydrogen-bond acceptors (Lipinski definition) is 5. The van der Waals surface area contributed by atoms with Crippen molar-refractivity contribution in [2.75, 3.05) is 36.4 Å². The predicted molar refractivity (Wildman–Crippen MR) is 115 cm³/mol. The van der Waals surface area contributed by atoms with E-state index in [1.54, 1.807) is 0 Å². The summed E-state index contributed by atoms with van der Waals surface area (Å²) in [6, 6.07) is 10.1. The zero-order valence-electron chi connectivity index (χ0n) is 17.4. The Morgan fingerprint density at radius 1 is 0.933 bits per heavy atom. The fraction of sp³-hybridized carbons (Fsp3) is 0.364. The van der Waals surface area contributed by atoms with Crippen molar-refractivity contribution in [1.29, 1.82) is 0 Å². The lowest BCUT2D eigenvalue weighted by Crippen LogP contribution is -2.48. The van der Waals surface area contributed by atoms with Crippen LogP contribution in [0.15, 0.2) is 42.7 Å². The first kappa shape index (κ1) is 20.3. The first-order valence-electron chi connectivity index (χ1n) is 10.1. The van der Waals surface area contributed by atoms with Crippen molar-refractivity contribution in [2.24, 2.45) is 0 Å². The minimum atomic E-state index is -0.656. The highest BCUT2D eigenvalue weighted by Crippen LogP contribution is 2.26. The summed E-state index contributed by atoms with van der Waals surface area (Å²) in [5, 5.41) is 7.54. The Morgan fingerprint density at radius 2 is 1.63 bits per heavy atom. The molecule has 1 N–H and O–H groups in total. The van der Waals surface area contributed by atoms with Gasteiger partial charge < -0.3 is 10.2 Å². The van der Waals surface area contributed by atoms with Crippen LogP contribution in [-0.4, -0.2) is 51.9 Å². The SMILES string of the molecule is Cc1ccc(N2CCN(C(C)C)CC2)cc1Nc1ncn(-c2cc(F)cc(F)c2)n1. The largest absolute Gasteiger partial charge is 0.369 e. The number of nitrogens with zero attached hydrogens (tertiary/aromatic N) is 5. The molecule has 0 bridgehead atoms. The number of benzene rings is 2. The van der Waals surface area contributed by atoms with E-state index in [9.17, 15) is 8.78 Å². The topological polar surface area (TPSA) is 49.2 Å². The van der Waals surface area contributed by atoms with Crippen LogP contribution < -0.4 is 10.2 Å². The molecule has 1 aliphatic rings. The lowest BCUT2D eigenvalue weighted by molar-refractivity contribution is 0.209. The van der Waals surface area contributed by atoms with Gasteiger partial charge in [-0.25, -0.2) is 13.5 Å². The van der Waals surface area contributed by atoms with Crippen LogP contribution in [-0.2, 0) is 0 Å². The second-order valence-corrected chi connectivity index (χ2v) is 7.88. The molecule has 3 aromatic rings. The second-order valence-electron chi connectivity index (χ2n) is 7.88. The third kappa shape index (κ3) is 4.43. The molecule has 0 saturated carbocycles. The highest BCUT2D eigenvalue weighted by Gasteiger charge is 2.19. The fourth-order valence-electron chi connectivity index (χ4n) is 3.67. The molecule has 1 saturated heterocycles. The van der Waals surface area contributed by atoms with Crippen LogP contribution in [0.2, 0.25) is 0 Å².